The maximum atomic E-state index is 11.5. The first kappa shape index (κ1) is 10.6. The molecule has 0 radical (unpaired) electrons. The van der Waals surface area contributed by atoms with Crippen molar-refractivity contribution in [1.82, 2.24) is 0 Å². The largest absolute Gasteiger partial charge is 0.403 e. The van der Waals surface area contributed by atoms with Crippen LogP contribution < -0.4 is 0 Å². The molecule has 1 aromatic rings. The summed E-state index contributed by atoms with van der Waals surface area (Å²) in [7, 11) is 0. The summed E-state index contributed by atoms with van der Waals surface area (Å²) in [5, 5.41) is 0. The van der Waals surface area contributed by atoms with Gasteiger partial charge in [-0.05, 0) is 48.6 Å². The first-order valence-corrected chi connectivity index (χ1v) is 5.76. The minimum Gasteiger partial charge on any atom is -0.403 e. The Bertz CT molecular complexity index is 452. The number of nitrogens with zero attached hydrogens (tertiary/aromatic N) is 1. The molecule has 0 saturated carbocycles. The van der Waals surface area contributed by atoms with Crippen LogP contribution in [0.15, 0.2) is 23.2 Å². The fourth-order valence-corrected chi connectivity index (χ4v) is 2.16. The minimum absolute atomic E-state index is 0.120. The molecule has 0 aromatic heterocycles. The average Bonchev–Trinajstić information content (AvgIpc) is 2.44. The number of hydrogen-bond acceptors (Lipinski definition) is 3. The lowest BCUT2D eigenvalue weighted by atomic mass is 10.1. The molecule has 0 fully saturated rings. The third kappa shape index (κ3) is 1.90. The van der Waals surface area contributed by atoms with Crippen molar-refractivity contribution in [3.05, 3.63) is 32.9 Å². The molecule has 3 nitrogen and oxygen atoms in total. The molecule has 78 valence electrons. The van der Waals surface area contributed by atoms with Crippen LogP contribution in [0.25, 0.3) is 0 Å². The van der Waals surface area contributed by atoms with Crippen molar-refractivity contribution in [1.29, 1.82) is 0 Å². The fourth-order valence-electron chi connectivity index (χ4n) is 1.43. The van der Waals surface area contributed by atoms with E-state index in [4.69, 9.17) is 4.74 Å². The Hall–Kier alpha value is -0.910. The number of carbonyl (C=O) groups excluding carboxylic acids is 1. The summed E-state index contributed by atoms with van der Waals surface area (Å²) in [6, 6.07) is 5.68. The fraction of sp³-hybridized carbons (Fsp3) is 0.273. The molecule has 0 saturated heterocycles. The Balaban J connectivity index is 2.58. The van der Waals surface area contributed by atoms with Gasteiger partial charge in [-0.3, -0.25) is 0 Å². The van der Waals surface area contributed by atoms with Crippen LogP contribution in [0.5, 0.6) is 0 Å². The zero-order chi connectivity index (χ0) is 11.0. The molecule has 0 spiro atoms. The molecular weight excluding hydrogens is 305 g/mol. The lowest BCUT2D eigenvalue weighted by Crippen LogP contribution is -2.05. The van der Waals surface area contributed by atoms with Crippen molar-refractivity contribution in [2.24, 2.45) is 4.99 Å². The van der Waals surface area contributed by atoms with Crippen LogP contribution in [-0.4, -0.2) is 17.9 Å². The number of benzene rings is 1. The summed E-state index contributed by atoms with van der Waals surface area (Å²) in [4.78, 5) is 15.8. The maximum absolute atomic E-state index is 11.5. The molecule has 0 atom stereocenters. The smallest absolute Gasteiger partial charge is 0.345 e. The van der Waals surface area contributed by atoms with E-state index in [9.17, 15) is 4.79 Å². The summed E-state index contributed by atoms with van der Waals surface area (Å²) in [6.07, 6.45) is 0. The monoisotopic (exact) mass is 315 g/mol. The van der Waals surface area contributed by atoms with E-state index in [2.05, 4.69) is 27.6 Å². The Morgan fingerprint density at radius 2 is 2.13 bits per heavy atom. The number of cyclic esters (lactones) is 1. The molecule has 0 amide bonds. The minimum atomic E-state index is -0.303. The molecule has 15 heavy (non-hydrogen) atoms. The van der Waals surface area contributed by atoms with E-state index >= 15 is 0 Å². The van der Waals surface area contributed by atoms with Gasteiger partial charge in [-0.2, -0.15) is 0 Å². The van der Waals surface area contributed by atoms with Gasteiger partial charge in [-0.1, -0.05) is 6.07 Å². The van der Waals surface area contributed by atoms with Crippen molar-refractivity contribution in [2.75, 3.05) is 0 Å². The van der Waals surface area contributed by atoms with Crippen LogP contribution in [-0.2, 0) is 4.74 Å². The highest BCUT2D eigenvalue weighted by Crippen LogP contribution is 2.25. The van der Waals surface area contributed by atoms with Crippen molar-refractivity contribution in [3.8, 4) is 0 Å². The highest BCUT2D eigenvalue weighted by molar-refractivity contribution is 14.1. The summed E-state index contributed by atoms with van der Waals surface area (Å²) in [6.45, 7) is 3.91. The van der Waals surface area contributed by atoms with Crippen molar-refractivity contribution in [3.63, 3.8) is 0 Å². The number of ether oxygens (including phenoxy) is 1. The van der Waals surface area contributed by atoms with Gasteiger partial charge in [0.1, 0.15) is 0 Å². The predicted octanol–water partition coefficient (Wildman–Crippen LogP) is 2.62. The molecule has 1 aliphatic rings. The molecule has 1 aromatic carbocycles. The van der Waals surface area contributed by atoms with Crippen molar-refractivity contribution in [2.45, 2.75) is 19.9 Å². The summed E-state index contributed by atoms with van der Waals surface area (Å²) >= 11 is 2.18. The third-order valence-electron chi connectivity index (χ3n) is 2.01. The van der Waals surface area contributed by atoms with Crippen LogP contribution in [0.2, 0.25) is 0 Å². The highest BCUT2D eigenvalue weighted by Gasteiger charge is 2.29. The van der Waals surface area contributed by atoms with Gasteiger partial charge in [0.05, 0.1) is 11.1 Å². The standard InChI is InChI=1S/C11H10INO2/c1-6(2)13-10-9-7(11(14)15-10)4-3-5-8(9)12/h3-6H,1-2H3/b13-10-. The molecule has 0 unspecified atom stereocenters. The maximum Gasteiger partial charge on any atom is 0.345 e. The third-order valence-corrected chi connectivity index (χ3v) is 2.91. The first-order chi connectivity index (χ1) is 7.09. The second kappa shape index (κ2) is 3.92. The molecule has 0 bridgehead atoms. The lowest BCUT2D eigenvalue weighted by molar-refractivity contribution is 0.0736. The zero-order valence-electron chi connectivity index (χ0n) is 8.45. The van der Waals surface area contributed by atoms with E-state index < -0.39 is 0 Å². The van der Waals surface area contributed by atoms with Gasteiger partial charge >= 0.3 is 5.97 Å². The van der Waals surface area contributed by atoms with Gasteiger partial charge in [0.15, 0.2) is 0 Å². The lowest BCUT2D eigenvalue weighted by Gasteiger charge is -2.01. The van der Waals surface area contributed by atoms with Gasteiger partial charge in [-0.25, -0.2) is 9.79 Å². The van der Waals surface area contributed by atoms with E-state index in [1.165, 1.54) is 0 Å². The Kier molecular flexibility index (Phi) is 2.77. The number of halogens is 1. The summed E-state index contributed by atoms with van der Waals surface area (Å²) < 4.78 is 6.13. The van der Waals surface area contributed by atoms with E-state index in [-0.39, 0.29) is 12.0 Å². The number of fused-ring (bicyclic) bond motifs is 1. The second-order valence-corrected chi connectivity index (χ2v) is 4.74. The molecule has 0 N–H and O–H groups in total. The molecule has 4 heteroatoms. The quantitative estimate of drug-likeness (QED) is 0.590. The van der Waals surface area contributed by atoms with Crippen LogP contribution in [0.4, 0.5) is 0 Å². The molecule has 2 rings (SSSR count). The second-order valence-electron chi connectivity index (χ2n) is 3.58. The molecule has 1 heterocycles. The predicted molar refractivity (Wildman–Crippen MR) is 66.2 cm³/mol. The van der Waals surface area contributed by atoms with Gasteiger partial charge in [0.2, 0.25) is 5.90 Å². The van der Waals surface area contributed by atoms with Crippen LogP contribution in [0.3, 0.4) is 0 Å². The first-order valence-electron chi connectivity index (χ1n) is 4.68. The summed E-state index contributed by atoms with van der Waals surface area (Å²) in [5.74, 6) is 0.151. The van der Waals surface area contributed by atoms with E-state index in [0.29, 0.717) is 11.5 Å². The summed E-state index contributed by atoms with van der Waals surface area (Å²) in [5.41, 5.74) is 1.44. The van der Waals surface area contributed by atoms with Crippen molar-refractivity contribution < 1.29 is 9.53 Å². The topological polar surface area (TPSA) is 38.7 Å². The van der Waals surface area contributed by atoms with Crippen LogP contribution >= 0.6 is 22.6 Å². The van der Waals surface area contributed by atoms with E-state index in [0.717, 1.165) is 9.13 Å². The molecule has 1 aliphatic heterocycles. The number of hydrogen-bond donors (Lipinski definition) is 0. The number of carbonyl (C=O) groups is 1. The molecular formula is C11H10INO2. The number of rotatable bonds is 1. The van der Waals surface area contributed by atoms with Crippen LogP contribution in [0, 0.1) is 3.57 Å². The number of esters is 1. The normalized spacial score (nSPS) is 17.1. The Morgan fingerprint density at radius 3 is 2.80 bits per heavy atom. The zero-order valence-corrected chi connectivity index (χ0v) is 10.6. The van der Waals surface area contributed by atoms with Gasteiger partial charge in [0, 0.05) is 9.61 Å². The highest BCUT2D eigenvalue weighted by atomic mass is 127. The van der Waals surface area contributed by atoms with Gasteiger partial charge in [-0.15, -0.1) is 0 Å². The van der Waals surface area contributed by atoms with Crippen molar-refractivity contribution >= 4 is 34.5 Å². The Labute approximate surface area is 102 Å². The Morgan fingerprint density at radius 1 is 1.40 bits per heavy atom. The molecule has 0 aliphatic carbocycles. The van der Waals surface area contributed by atoms with Gasteiger partial charge in [0.25, 0.3) is 0 Å². The van der Waals surface area contributed by atoms with Crippen LogP contribution in [0.1, 0.15) is 29.8 Å². The van der Waals surface area contributed by atoms with E-state index in [1.54, 1.807) is 6.07 Å². The SMILES string of the molecule is CC(C)/N=C1\OC(=O)c2cccc(I)c21. The van der Waals surface area contributed by atoms with Gasteiger partial charge < -0.3 is 4.74 Å². The number of aliphatic imine (C=N–C) groups is 1. The van der Waals surface area contributed by atoms with E-state index in [1.807, 2.05) is 26.0 Å². The average molecular weight is 315 g/mol.